The molecule has 0 amide bonds. The Balaban J connectivity index is 1.29. The second-order valence-electron chi connectivity index (χ2n) is 10.2. The minimum atomic E-state index is 0.202. The van der Waals surface area contributed by atoms with Crippen LogP contribution >= 0.6 is 0 Å². The molecule has 0 aliphatic rings. The molecule has 0 unspecified atom stereocenters. The standard InChI is InChI=1S/C36H27N3O2/c1-23-9-7-10-24(2)35(23)26-19-20-37-34(22-26)41-27-12-8-11-25(21-27)30-18-17-29-28-13-3-4-14-31(28)39(36(29)38-30)32-15-5-6-16-33(32)40/h3-22,40H,1-2H3. The van der Waals surface area contributed by atoms with Gasteiger partial charge in [-0.3, -0.25) is 4.57 Å². The van der Waals surface area contributed by atoms with Crippen LogP contribution in [-0.4, -0.2) is 19.6 Å². The van der Waals surface area contributed by atoms with Crippen molar-refractivity contribution in [3.05, 3.63) is 133 Å². The molecular formula is C36H27N3O2. The molecule has 0 atom stereocenters. The number of pyridine rings is 2. The van der Waals surface area contributed by atoms with Gasteiger partial charge in [0, 0.05) is 28.6 Å². The van der Waals surface area contributed by atoms with Crippen molar-refractivity contribution in [3.8, 4) is 45.5 Å². The average Bonchev–Trinajstić information content (AvgIpc) is 3.31. The molecule has 41 heavy (non-hydrogen) atoms. The summed E-state index contributed by atoms with van der Waals surface area (Å²) in [5.74, 6) is 1.41. The molecule has 0 fully saturated rings. The van der Waals surface area contributed by atoms with Crippen molar-refractivity contribution < 1.29 is 9.84 Å². The van der Waals surface area contributed by atoms with Gasteiger partial charge >= 0.3 is 0 Å². The minimum Gasteiger partial charge on any atom is -0.506 e. The van der Waals surface area contributed by atoms with E-state index in [9.17, 15) is 5.11 Å². The maximum atomic E-state index is 10.7. The van der Waals surface area contributed by atoms with Gasteiger partial charge in [-0.1, -0.05) is 60.7 Å². The van der Waals surface area contributed by atoms with Crippen molar-refractivity contribution >= 4 is 21.9 Å². The highest BCUT2D eigenvalue weighted by Gasteiger charge is 2.16. The van der Waals surface area contributed by atoms with Crippen molar-refractivity contribution in [1.29, 1.82) is 0 Å². The zero-order valence-electron chi connectivity index (χ0n) is 22.7. The topological polar surface area (TPSA) is 60.2 Å². The molecule has 0 aliphatic carbocycles. The Bertz CT molecular complexity index is 2060. The molecule has 5 nitrogen and oxygen atoms in total. The summed E-state index contributed by atoms with van der Waals surface area (Å²) in [7, 11) is 0. The van der Waals surface area contributed by atoms with E-state index in [-0.39, 0.29) is 5.75 Å². The molecule has 4 aromatic carbocycles. The SMILES string of the molecule is Cc1cccc(C)c1-c1ccnc(Oc2cccc(-c3ccc4c5ccccc5n(-c5ccccc5O)c4n3)c2)c1. The van der Waals surface area contributed by atoms with Crippen LogP contribution in [-0.2, 0) is 0 Å². The first-order valence-corrected chi connectivity index (χ1v) is 13.6. The van der Waals surface area contributed by atoms with E-state index in [0.717, 1.165) is 38.8 Å². The molecule has 0 spiro atoms. The fourth-order valence-electron chi connectivity index (χ4n) is 5.63. The molecule has 7 aromatic rings. The summed E-state index contributed by atoms with van der Waals surface area (Å²) in [6.45, 7) is 4.24. The molecule has 1 N–H and O–H groups in total. The molecule has 0 aliphatic heterocycles. The highest BCUT2D eigenvalue weighted by Crippen LogP contribution is 2.36. The second-order valence-corrected chi connectivity index (χ2v) is 10.2. The predicted molar refractivity (Wildman–Crippen MR) is 165 cm³/mol. The van der Waals surface area contributed by atoms with E-state index in [2.05, 4.69) is 55.2 Å². The van der Waals surface area contributed by atoms with E-state index in [4.69, 9.17) is 9.72 Å². The summed E-state index contributed by atoms with van der Waals surface area (Å²) in [6.07, 6.45) is 1.79. The molecule has 0 saturated heterocycles. The monoisotopic (exact) mass is 533 g/mol. The maximum Gasteiger partial charge on any atom is 0.219 e. The zero-order valence-corrected chi connectivity index (χ0v) is 22.7. The highest BCUT2D eigenvalue weighted by atomic mass is 16.5. The lowest BCUT2D eigenvalue weighted by atomic mass is 9.97. The van der Waals surface area contributed by atoms with Crippen molar-refractivity contribution in [2.24, 2.45) is 0 Å². The predicted octanol–water partition coefficient (Wildman–Crippen LogP) is 9.02. The second kappa shape index (κ2) is 9.96. The summed E-state index contributed by atoms with van der Waals surface area (Å²) >= 11 is 0. The minimum absolute atomic E-state index is 0.202. The van der Waals surface area contributed by atoms with Gasteiger partial charge < -0.3 is 9.84 Å². The van der Waals surface area contributed by atoms with Gasteiger partial charge in [-0.25, -0.2) is 9.97 Å². The van der Waals surface area contributed by atoms with E-state index in [1.807, 2.05) is 77.4 Å². The van der Waals surface area contributed by atoms with Gasteiger partial charge in [0.05, 0.1) is 16.9 Å². The third kappa shape index (κ3) is 4.38. The van der Waals surface area contributed by atoms with Crippen LogP contribution in [0.15, 0.2) is 121 Å². The lowest BCUT2D eigenvalue weighted by molar-refractivity contribution is 0.463. The van der Waals surface area contributed by atoms with Gasteiger partial charge in [0.2, 0.25) is 5.88 Å². The summed E-state index contributed by atoms with van der Waals surface area (Å²) in [5.41, 5.74) is 8.88. The van der Waals surface area contributed by atoms with E-state index >= 15 is 0 Å². The number of hydrogen-bond acceptors (Lipinski definition) is 4. The van der Waals surface area contributed by atoms with Crippen LogP contribution < -0.4 is 4.74 Å². The van der Waals surface area contributed by atoms with Gasteiger partial charge in [-0.05, 0) is 84.6 Å². The lowest BCUT2D eigenvalue weighted by Crippen LogP contribution is -1.97. The van der Waals surface area contributed by atoms with Crippen molar-refractivity contribution in [2.45, 2.75) is 13.8 Å². The average molecular weight is 534 g/mol. The molecule has 0 radical (unpaired) electrons. The number of aryl methyl sites for hydroxylation is 2. The quantitative estimate of drug-likeness (QED) is 0.240. The van der Waals surface area contributed by atoms with Crippen molar-refractivity contribution in [1.82, 2.24) is 14.5 Å². The third-order valence-electron chi connectivity index (χ3n) is 7.50. The van der Waals surface area contributed by atoms with Crippen LogP contribution in [0, 0.1) is 13.8 Å². The Labute approximate surface area is 238 Å². The Morgan fingerprint density at radius 1 is 0.683 bits per heavy atom. The van der Waals surface area contributed by atoms with Gasteiger partial charge in [0.1, 0.15) is 17.1 Å². The molecule has 5 heteroatoms. The smallest absolute Gasteiger partial charge is 0.219 e. The first-order chi connectivity index (χ1) is 20.1. The first-order valence-electron chi connectivity index (χ1n) is 13.6. The van der Waals surface area contributed by atoms with Crippen molar-refractivity contribution in [3.63, 3.8) is 0 Å². The number of nitrogens with zero attached hydrogens (tertiary/aromatic N) is 3. The van der Waals surface area contributed by atoms with E-state index in [0.29, 0.717) is 17.3 Å². The normalized spacial score (nSPS) is 11.3. The van der Waals surface area contributed by atoms with Gasteiger partial charge in [0.15, 0.2) is 0 Å². The molecule has 198 valence electrons. The zero-order chi connectivity index (χ0) is 27.9. The van der Waals surface area contributed by atoms with Gasteiger partial charge in [0.25, 0.3) is 0 Å². The molecule has 0 saturated carbocycles. The number of phenolic OH excluding ortho intramolecular Hbond substituents is 1. The fourth-order valence-corrected chi connectivity index (χ4v) is 5.63. The number of benzene rings is 4. The number of fused-ring (bicyclic) bond motifs is 3. The van der Waals surface area contributed by atoms with Gasteiger partial charge in [-0.15, -0.1) is 0 Å². The van der Waals surface area contributed by atoms with Crippen molar-refractivity contribution in [2.75, 3.05) is 0 Å². The maximum absolute atomic E-state index is 10.7. The number of aromatic hydroxyl groups is 1. The van der Waals surface area contributed by atoms with Gasteiger partial charge in [-0.2, -0.15) is 0 Å². The number of phenols is 1. The number of rotatable bonds is 5. The summed E-state index contributed by atoms with van der Waals surface area (Å²) < 4.78 is 8.27. The highest BCUT2D eigenvalue weighted by molar-refractivity contribution is 6.08. The number of aromatic nitrogens is 3. The Morgan fingerprint density at radius 3 is 2.32 bits per heavy atom. The molecule has 0 bridgehead atoms. The van der Waals surface area contributed by atoms with E-state index < -0.39 is 0 Å². The Morgan fingerprint density at radius 2 is 1.46 bits per heavy atom. The Hall–Kier alpha value is -5.42. The molecule has 7 rings (SSSR count). The summed E-state index contributed by atoms with van der Waals surface area (Å²) in [6, 6.07) is 37.8. The number of para-hydroxylation sites is 3. The molecule has 3 aromatic heterocycles. The van der Waals surface area contributed by atoms with E-state index in [1.54, 1.807) is 12.3 Å². The Kier molecular flexibility index (Phi) is 5.98. The van der Waals surface area contributed by atoms with Crippen LogP contribution in [0.4, 0.5) is 0 Å². The van der Waals surface area contributed by atoms with Crippen LogP contribution in [0.3, 0.4) is 0 Å². The first kappa shape index (κ1) is 24.6. The van der Waals surface area contributed by atoms with Crippen LogP contribution in [0.2, 0.25) is 0 Å². The lowest BCUT2D eigenvalue weighted by Gasteiger charge is -2.12. The third-order valence-corrected chi connectivity index (χ3v) is 7.50. The summed E-state index contributed by atoms with van der Waals surface area (Å²) in [5, 5.41) is 12.8. The molecular weight excluding hydrogens is 506 g/mol. The largest absolute Gasteiger partial charge is 0.506 e. The summed E-state index contributed by atoms with van der Waals surface area (Å²) in [4.78, 5) is 9.58. The number of hydrogen-bond donors (Lipinski definition) is 1. The van der Waals surface area contributed by atoms with Crippen LogP contribution in [0.5, 0.6) is 17.4 Å². The number of ether oxygens (including phenoxy) is 1. The van der Waals surface area contributed by atoms with Crippen LogP contribution in [0.25, 0.3) is 50.0 Å². The fraction of sp³-hybridized carbons (Fsp3) is 0.0556. The van der Waals surface area contributed by atoms with Crippen LogP contribution in [0.1, 0.15) is 11.1 Å². The molecule has 3 heterocycles. The van der Waals surface area contributed by atoms with E-state index in [1.165, 1.54) is 16.7 Å².